The van der Waals surface area contributed by atoms with Crippen LogP contribution in [0.4, 0.5) is 4.79 Å². The van der Waals surface area contributed by atoms with Crippen molar-refractivity contribution in [2.24, 2.45) is 0 Å². The van der Waals surface area contributed by atoms with Crippen LogP contribution in [0.5, 0.6) is 0 Å². The van der Waals surface area contributed by atoms with Gasteiger partial charge in [-0.25, -0.2) is 4.79 Å². The molecule has 0 aliphatic heterocycles. The molecule has 140 valence electrons. The molecule has 0 aliphatic rings. The van der Waals surface area contributed by atoms with Crippen molar-refractivity contribution in [3.8, 4) is 0 Å². The van der Waals surface area contributed by atoms with Crippen LogP contribution in [0.1, 0.15) is 24.5 Å². The van der Waals surface area contributed by atoms with Gasteiger partial charge in [-0.15, -0.1) is 0 Å². The maximum Gasteiger partial charge on any atom is 0.407 e. The van der Waals surface area contributed by atoms with Crippen LogP contribution in [0.25, 0.3) is 0 Å². The van der Waals surface area contributed by atoms with Gasteiger partial charge in [0.1, 0.15) is 6.61 Å². The monoisotopic (exact) mass is 375 g/mol. The Bertz CT molecular complexity index is 718. The zero-order chi connectivity index (χ0) is 18.9. The molecule has 0 bridgehead atoms. The Morgan fingerprint density at radius 1 is 1.15 bits per heavy atom. The minimum atomic E-state index is -1.33. The lowest BCUT2D eigenvalue weighted by atomic mass is 10.1. The van der Waals surface area contributed by atoms with E-state index in [0.29, 0.717) is 11.3 Å². The van der Waals surface area contributed by atoms with Gasteiger partial charge in [0, 0.05) is 4.90 Å². The van der Waals surface area contributed by atoms with Crippen LogP contribution in [0.2, 0.25) is 0 Å². The molecule has 0 saturated heterocycles. The van der Waals surface area contributed by atoms with E-state index in [0.717, 1.165) is 11.1 Å². The number of aliphatic hydroxyl groups excluding tert-OH is 1. The van der Waals surface area contributed by atoms with E-state index in [9.17, 15) is 14.1 Å². The molecule has 2 rings (SSSR count). The molecule has 0 saturated carbocycles. The van der Waals surface area contributed by atoms with Gasteiger partial charge in [0.25, 0.3) is 0 Å². The molecule has 0 aliphatic carbocycles. The number of hydrogen-bond donors (Lipinski definition) is 2. The average Bonchev–Trinajstić information content (AvgIpc) is 2.65. The second-order valence-electron chi connectivity index (χ2n) is 6.11. The zero-order valence-electron chi connectivity index (χ0n) is 15.1. The smallest absolute Gasteiger partial charge is 0.407 e. The maximum absolute atomic E-state index is 12.4. The van der Waals surface area contributed by atoms with Crippen molar-refractivity contribution < 1.29 is 18.8 Å². The first kappa shape index (κ1) is 20.1. The summed E-state index contributed by atoms with van der Waals surface area (Å²) in [6.07, 6.45) is -1.01. The van der Waals surface area contributed by atoms with Gasteiger partial charge in [0.15, 0.2) is 0 Å². The SMILES string of the molecule is CC[C@@H](NC(=O)OCc1ccccc1)[C@H](O)CS(=O)c1ccc(C)cc1. The van der Waals surface area contributed by atoms with Crippen molar-refractivity contribution in [2.75, 3.05) is 5.75 Å². The van der Waals surface area contributed by atoms with Gasteiger partial charge in [-0.1, -0.05) is 55.0 Å². The topological polar surface area (TPSA) is 75.6 Å². The number of hydrogen-bond acceptors (Lipinski definition) is 4. The van der Waals surface area contributed by atoms with E-state index in [-0.39, 0.29) is 12.4 Å². The Labute approximate surface area is 156 Å². The molecule has 1 amide bonds. The van der Waals surface area contributed by atoms with Crippen LogP contribution in [0.15, 0.2) is 59.5 Å². The lowest BCUT2D eigenvalue weighted by Gasteiger charge is -2.22. The van der Waals surface area contributed by atoms with Gasteiger partial charge in [-0.2, -0.15) is 0 Å². The molecule has 0 heterocycles. The molecule has 2 aromatic rings. The number of benzene rings is 2. The zero-order valence-corrected chi connectivity index (χ0v) is 15.9. The summed E-state index contributed by atoms with van der Waals surface area (Å²) in [6.45, 7) is 3.97. The second-order valence-corrected chi connectivity index (χ2v) is 7.61. The van der Waals surface area contributed by atoms with E-state index in [4.69, 9.17) is 4.74 Å². The number of aryl methyl sites for hydroxylation is 1. The number of alkyl carbamates (subject to hydrolysis) is 1. The number of ether oxygens (including phenoxy) is 1. The van der Waals surface area contributed by atoms with Crippen LogP contribution < -0.4 is 5.32 Å². The molecule has 1 unspecified atom stereocenters. The summed E-state index contributed by atoms with van der Waals surface area (Å²) in [5.74, 6) is 0.0561. The number of carbonyl (C=O) groups is 1. The summed E-state index contributed by atoms with van der Waals surface area (Å²) < 4.78 is 17.6. The average molecular weight is 375 g/mol. The lowest BCUT2D eigenvalue weighted by Crippen LogP contribution is -2.45. The van der Waals surface area contributed by atoms with E-state index < -0.39 is 29.0 Å². The fourth-order valence-corrected chi connectivity index (χ4v) is 3.62. The van der Waals surface area contributed by atoms with Crippen molar-refractivity contribution in [1.29, 1.82) is 0 Å². The molecule has 2 N–H and O–H groups in total. The third kappa shape index (κ3) is 6.28. The van der Waals surface area contributed by atoms with Gasteiger partial charge >= 0.3 is 6.09 Å². The van der Waals surface area contributed by atoms with Crippen LogP contribution in [0.3, 0.4) is 0 Å². The van der Waals surface area contributed by atoms with E-state index in [1.165, 1.54) is 0 Å². The van der Waals surface area contributed by atoms with E-state index in [1.54, 1.807) is 12.1 Å². The summed E-state index contributed by atoms with van der Waals surface area (Å²) in [4.78, 5) is 12.6. The first-order chi connectivity index (χ1) is 12.5. The molecular weight excluding hydrogens is 350 g/mol. The van der Waals surface area contributed by atoms with Gasteiger partial charge in [-0.3, -0.25) is 4.21 Å². The Kier molecular flexibility index (Phi) is 7.81. The van der Waals surface area contributed by atoms with Gasteiger partial charge in [0.05, 0.1) is 28.7 Å². The highest BCUT2D eigenvalue weighted by Gasteiger charge is 2.23. The van der Waals surface area contributed by atoms with Crippen molar-refractivity contribution in [3.05, 3.63) is 65.7 Å². The normalized spacial score (nSPS) is 14.3. The van der Waals surface area contributed by atoms with Crippen LogP contribution in [0, 0.1) is 6.92 Å². The fraction of sp³-hybridized carbons (Fsp3) is 0.350. The Hall–Kier alpha value is -2.18. The minimum Gasteiger partial charge on any atom is -0.445 e. The molecule has 3 atom stereocenters. The molecular formula is C20H25NO4S. The van der Waals surface area contributed by atoms with Crippen LogP contribution in [-0.4, -0.2) is 33.3 Å². The van der Waals surface area contributed by atoms with Gasteiger partial charge in [-0.05, 0) is 31.0 Å². The van der Waals surface area contributed by atoms with E-state index in [1.807, 2.05) is 56.3 Å². The Balaban J connectivity index is 1.85. The number of carbonyl (C=O) groups excluding carboxylic acids is 1. The predicted molar refractivity (Wildman–Crippen MR) is 102 cm³/mol. The maximum atomic E-state index is 12.4. The van der Waals surface area contributed by atoms with E-state index in [2.05, 4.69) is 5.32 Å². The molecule has 5 nitrogen and oxygen atoms in total. The largest absolute Gasteiger partial charge is 0.445 e. The quantitative estimate of drug-likeness (QED) is 0.743. The summed E-state index contributed by atoms with van der Waals surface area (Å²) in [6, 6.07) is 16.2. The standard InChI is InChI=1S/C20H25NO4S/c1-3-18(21-20(23)25-13-16-7-5-4-6-8-16)19(22)14-26(24)17-11-9-15(2)10-12-17/h4-12,18-19,22H,3,13-14H2,1-2H3,(H,21,23)/t18-,19-,26?/m1/s1. The van der Waals surface area contributed by atoms with Crippen molar-refractivity contribution in [1.82, 2.24) is 5.32 Å². The first-order valence-electron chi connectivity index (χ1n) is 8.60. The van der Waals surface area contributed by atoms with Crippen molar-refractivity contribution in [2.45, 2.75) is 43.9 Å². The van der Waals surface area contributed by atoms with Crippen molar-refractivity contribution >= 4 is 16.9 Å². The highest BCUT2D eigenvalue weighted by atomic mass is 32.2. The molecule has 0 aromatic heterocycles. The number of rotatable bonds is 8. The molecule has 0 fully saturated rings. The Morgan fingerprint density at radius 3 is 2.42 bits per heavy atom. The highest BCUT2D eigenvalue weighted by molar-refractivity contribution is 7.85. The number of amides is 1. The Morgan fingerprint density at radius 2 is 1.81 bits per heavy atom. The summed E-state index contributed by atoms with van der Waals surface area (Å²) in [5.41, 5.74) is 1.97. The molecule has 6 heteroatoms. The molecule has 0 spiro atoms. The van der Waals surface area contributed by atoms with Crippen molar-refractivity contribution in [3.63, 3.8) is 0 Å². The fourth-order valence-electron chi connectivity index (χ4n) is 2.44. The summed E-state index contributed by atoms with van der Waals surface area (Å²) >= 11 is 0. The van der Waals surface area contributed by atoms with Gasteiger partial charge < -0.3 is 15.2 Å². The predicted octanol–water partition coefficient (Wildman–Crippen LogP) is 3.17. The summed E-state index contributed by atoms with van der Waals surface area (Å²) in [7, 11) is -1.33. The van der Waals surface area contributed by atoms with Crippen LogP contribution in [-0.2, 0) is 22.1 Å². The van der Waals surface area contributed by atoms with Gasteiger partial charge in [0.2, 0.25) is 0 Å². The molecule has 26 heavy (non-hydrogen) atoms. The third-order valence-corrected chi connectivity index (χ3v) is 5.47. The number of aliphatic hydroxyl groups is 1. The number of nitrogens with one attached hydrogen (secondary N) is 1. The summed E-state index contributed by atoms with van der Waals surface area (Å²) in [5, 5.41) is 13.0. The third-order valence-electron chi connectivity index (χ3n) is 4.03. The lowest BCUT2D eigenvalue weighted by molar-refractivity contribution is 0.110. The minimum absolute atomic E-state index is 0.0561. The molecule has 2 aromatic carbocycles. The van der Waals surface area contributed by atoms with E-state index >= 15 is 0 Å². The molecule has 0 radical (unpaired) electrons. The second kappa shape index (κ2) is 10.1. The van der Waals surface area contributed by atoms with Crippen LogP contribution >= 0.6 is 0 Å². The highest BCUT2D eigenvalue weighted by Crippen LogP contribution is 2.12. The first-order valence-corrected chi connectivity index (χ1v) is 9.91.